The van der Waals surface area contributed by atoms with E-state index in [0.29, 0.717) is 5.92 Å². The third-order valence-corrected chi connectivity index (χ3v) is 4.52. The number of aromatic nitrogens is 2. The van der Waals surface area contributed by atoms with Crippen LogP contribution < -0.4 is 0 Å². The van der Waals surface area contributed by atoms with Crippen molar-refractivity contribution in [1.29, 1.82) is 0 Å². The van der Waals surface area contributed by atoms with Gasteiger partial charge in [-0.05, 0) is 62.0 Å². The highest BCUT2D eigenvalue weighted by Crippen LogP contribution is 2.27. The summed E-state index contributed by atoms with van der Waals surface area (Å²) < 4.78 is 2.01. The van der Waals surface area contributed by atoms with E-state index >= 15 is 0 Å². The molecule has 1 aliphatic heterocycles. The van der Waals surface area contributed by atoms with Crippen molar-refractivity contribution >= 4 is 11.6 Å². The molecule has 1 fully saturated rings. The van der Waals surface area contributed by atoms with Crippen molar-refractivity contribution in [2.45, 2.75) is 31.7 Å². The SMILES string of the molecule is Clc1ccc([C@H]2CCCN(CCCn3cccn3)C2)cc1. The molecule has 112 valence electrons. The lowest BCUT2D eigenvalue weighted by molar-refractivity contribution is 0.202. The summed E-state index contributed by atoms with van der Waals surface area (Å²) in [6.45, 7) is 4.56. The molecule has 21 heavy (non-hydrogen) atoms. The van der Waals surface area contributed by atoms with Crippen molar-refractivity contribution in [3.63, 3.8) is 0 Å². The van der Waals surface area contributed by atoms with Crippen LogP contribution in [-0.4, -0.2) is 34.3 Å². The van der Waals surface area contributed by atoms with Crippen LogP contribution in [0.1, 0.15) is 30.7 Å². The van der Waals surface area contributed by atoms with Gasteiger partial charge < -0.3 is 4.90 Å². The van der Waals surface area contributed by atoms with Crippen LogP contribution in [0.4, 0.5) is 0 Å². The van der Waals surface area contributed by atoms with Gasteiger partial charge in [0.15, 0.2) is 0 Å². The van der Waals surface area contributed by atoms with Crippen LogP contribution in [0.15, 0.2) is 42.7 Å². The normalized spacial score (nSPS) is 19.8. The highest BCUT2D eigenvalue weighted by Gasteiger charge is 2.20. The Morgan fingerprint density at radius 1 is 1.19 bits per heavy atom. The summed E-state index contributed by atoms with van der Waals surface area (Å²) >= 11 is 5.98. The maximum atomic E-state index is 5.98. The van der Waals surface area contributed by atoms with Crippen LogP contribution >= 0.6 is 11.6 Å². The second-order valence-corrected chi connectivity index (χ2v) is 6.25. The zero-order chi connectivity index (χ0) is 14.5. The van der Waals surface area contributed by atoms with Crippen LogP contribution in [0.25, 0.3) is 0 Å². The van der Waals surface area contributed by atoms with E-state index in [1.165, 1.54) is 31.5 Å². The molecule has 0 saturated carbocycles. The molecule has 0 radical (unpaired) electrons. The third-order valence-electron chi connectivity index (χ3n) is 4.27. The lowest BCUT2D eigenvalue weighted by Crippen LogP contribution is -2.35. The smallest absolute Gasteiger partial charge is 0.0489 e. The van der Waals surface area contributed by atoms with Crippen LogP contribution in [0.5, 0.6) is 0 Å². The molecule has 0 bridgehead atoms. The highest BCUT2D eigenvalue weighted by molar-refractivity contribution is 6.30. The van der Waals surface area contributed by atoms with E-state index in [-0.39, 0.29) is 0 Å². The first-order valence-corrected chi connectivity index (χ1v) is 8.14. The molecule has 0 unspecified atom stereocenters. The Balaban J connectivity index is 1.49. The molecule has 0 aliphatic carbocycles. The number of hydrogen-bond donors (Lipinski definition) is 0. The number of nitrogens with zero attached hydrogens (tertiary/aromatic N) is 3. The molecule has 3 rings (SSSR count). The first-order chi connectivity index (χ1) is 10.3. The molecule has 4 heteroatoms. The summed E-state index contributed by atoms with van der Waals surface area (Å²) in [5.41, 5.74) is 1.43. The van der Waals surface area contributed by atoms with Gasteiger partial charge in [-0.3, -0.25) is 4.68 Å². The van der Waals surface area contributed by atoms with Gasteiger partial charge in [0.1, 0.15) is 0 Å². The van der Waals surface area contributed by atoms with Crippen LogP contribution in [-0.2, 0) is 6.54 Å². The van der Waals surface area contributed by atoms with E-state index in [2.05, 4.69) is 22.1 Å². The Labute approximate surface area is 131 Å². The summed E-state index contributed by atoms with van der Waals surface area (Å²) in [5, 5.41) is 5.08. The van der Waals surface area contributed by atoms with Gasteiger partial charge >= 0.3 is 0 Å². The molecule has 1 aromatic heterocycles. The standard InChI is InChI=1S/C17H22ClN3/c18-17-7-5-15(6-8-17)16-4-1-10-20(14-16)11-3-13-21-12-2-9-19-21/h2,5-9,12,16H,1,3-4,10-11,13-14H2/t16-/m0/s1. The van der Waals surface area contributed by atoms with Gasteiger partial charge in [0.25, 0.3) is 0 Å². The molecule has 1 aromatic carbocycles. The number of halogens is 1. The lowest BCUT2D eigenvalue weighted by Gasteiger charge is -2.33. The summed E-state index contributed by atoms with van der Waals surface area (Å²) in [5.74, 6) is 0.653. The molecule has 1 aliphatic rings. The molecular formula is C17H22ClN3. The number of benzene rings is 1. The van der Waals surface area contributed by atoms with E-state index in [1.54, 1.807) is 0 Å². The molecule has 2 heterocycles. The third kappa shape index (κ3) is 4.08. The molecule has 1 atom stereocenters. The minimum atomic E-state index is 0.653. The Morgan fingerprint density at radius 3 is 2.81 bits per heavy atom. The topological polar surface area (TPSA) is 21.1 Å². The molecule has 0 N–H and O–H groups in total. The second-order valence-electron chi connectivity index (χ2n) is 5.81. The van der Waals surface area contributed by atoms with Crippen molar-refractivity contribution in [2.75, 3.05) is 19.6 Å². The first-order valence-electron chi connectivity index (χ1n) is 7.76. The van der Waals surface area contributed by atoms with E-state index < -0.39 is 0 Å². The van der Waals surface area contributed by atoms with Gasteiger partial charge in [-0.1, -0.05) is 23.7 Å². The van der Waals surface area contributed by atoms with Gasteiger partial charge in [-0.2, -0.15) is 5.10 Å². The summed E-state index contributed by atoms with van der Waals surface area (Å²) in [6, 6.07) is 10.4. The van der Waals surface area contributed by atoms with Gasteiger partial charge in [0.05, 0.1) is 0 Å². The monoisotopic (exact) mass is 303 g/mol. The fraction of sp³-hybridized carbons (Fsp3) is 0.471. The van der Waals surface area contributed by atoms with Gasteiger partial charge in [0.2, 0.25) is 0 Å². The maximum Gasteiger partial charge on any atom is 0.0489 e. The molecule has 2 aromatic rings. The molecule has 0 amide bonds. The van der Waals surface area contributed by atoms with E-state index in [1.807, 2.05) is 35.3 Å². The summed E-state index contributed by atoms with van der Waals surface area (Å²) in [7, 11) is 0. The number of piperidine rings is 1. The maximum absolute atomic E-state index is 5.98. The Hall–Kier alpha value is -1.32. The number of rotatable bonds is 5. The zero-order valence-corrected chi connectivity index (χ0v) is 13.0. The van der Waals surface area contributed by atoms with E-state index in [4.69, 9.17) is 11.6 Å². The fourth-order valence-corrected chi connectivity index (χ4v) is 3.28. The van der Waals surface area contributed by atoms with Crippen molar-refractivity contribution in [1.82, 2.24) is 14.7 Å². The van der Waals surface area contributed by atoms with Crippen LogP contribution in [0.2, 0.25) is 5.02 Å². The predicted molar refractivity (Wildman–Crippen MR) is 86.7 cm³/mol. The molecular weight excluding hydrogens is 282 g/mol. The highest BCUT2D eigenvalue weighted by atomic mass is 35.5. The number of likely N-dealkylation sites (tertiary alicyclic amines) is 1. The molecule has 1 saturated heterocycles. The summed E-state index contributed by atoms with van der Waals surface area (Å²) in [6.07, 6.45) is 7.62. The average Bonchev–Trinajstić information content (AvgIpc) is 3.02. The van der Waals surface area contributed by atoms with Crippen molar-refractivity contribution in [2.24, 2.45) is 0 Å². The summed E-state index contributed by atoms with van der Waals surface area (Å²) in [4.78, 5) is 2.59. The second kappa shape index (κ2) is 7.10. The largest absolute Gasteiger partial charge is 0.303 e. The predicted octanol–water partition coefficient (Wildman–Crippen LogP) is 3.81. The quantitative estimate of drug-likeness (QED) is 0.837. The Bertz CT molecular complexity index is 536. The van der Waals surface area contributed by atoms with Gasteiger partial charge in [0, 0.05) is 30.5 Å². The first kappa shape index (κ1) is 14.6. The van der Waals surface area contributed by atoms with E-state index in [9.17, 15) is 0 Å². The number of aryl methyl sites for hydroxylation is 1. The molecule has 3 nitrogen and oxygen atoms in total. The van der Waals surface area contributed by atoms with Gasteiger partial charge in [-0.25, -0.2) is 0 Å². The van der Waals surface area contributed by atoms with Crippen molar-refractivity contribution < 1.29 is 0 Å². The Kier molecular flexibility index (Phi) is 4.94. The minimum Gasteiger partial charge on any atom is -0.303 e. The van der Waals surface area contributed by atoms with Gasteiger partial charge in [-0.15, -0.1) is 0 Å². The van der Waals surface area contributed by atoms with Crippen molar-refractivity contribution in [3.8, 4) is 0 Å². The lowest BCUT2D eigenvalue weighted by atomic mass is 9.90. The Morgan fingerprint density at radius 2 is 2.05 bits per heavy atom. The zero-order valence-electron chi connectivity index (χ0n) is 12.3. The van der Waals surface area contributed by atoms with E-state index in [0.717, 1.165) is 24.5 Å². The minimum absolute atomic E-state index is 0.653. The van der Waals surface area contributed by atoms with Crippen LogP contribution in [0.3, 0.4) is 0 Å². The average molecular weight is 304 g/mol. The van der Waals surface area contributed by atoms with Crippen molar-refractivity contribution in [3.05, 3.63) is 53.3 Å². The van der Waals surface area contributed by atoms with Crippen LogP contribution in [0, 0.1) is 0 Å². The molecule has 0 spiro atoms. The number of hydrogen-bond acceptors (Lipinski definition) is 2. The fourth-order valence-electron chi connectivity index (χ4n) is 3.15.